The van der Waals surface area contributed by atoms with Crippen molar-refractivity contribution in [2.24, 2.45) is 5.92 Å². The Morgan fingerprint density at radius 1 is 1.24 bits per heavy atom. The Morgan fingerprint density at radius 3 is 2.60 bits per heavy atom. The van der Waals surface area contributed by atoms with E-state index in [9.17, 15) is 9.18 Å². The van der Waals surface area contributed by atoms with E-state index in [1.807, 2.05) is 12.1 Å². The fourth-order valence-electron chi connectivity index (χ4n) is 3.64. The summed E-state index contributed by atoms with van der Waals surface area (Å²) in [6, 6.07) is 7.64. The highest BCUT2D eigenvalue weighted by molar-refractivity contribution is 5.78. The van der Waals surface area contributed by atoms with Gasteiger partial charge in [-0.25, -0.2) is 4.39 Å². The van der Waals surface area contributed by atoms with Gasteiger partial charge in [0.25, 0.3) is 0 Å². The van der Waals surface area contributed by atoms with Crippen molar-refractivity contribution in [3.05, 3.63) is 35.6 Å². The van der Waals surface area contributed by atoms with Gasteiger partial charge in [0.05, 0.1) is 6.54 Å². The Kier molecular flexibility index (Phi) is 6.07. The molecule has 1 aliphatic heterocycles. The lowest BCUT2D eigenvalue weighted by atomic mass is 10.0. The molecule has 25 heavy (non-hydrogen) atoms. The Bertz CT molecular complexity index is 571. The number of carbonyl (C=O) groups excluding carboxylic acids is 1. The fourth-order valence-corrected chi connectivity index (χ4v) is 3.64. The second-order valence-corrected chi connectivity index (χ2v) is 7.84. The summed E-state index contributed by atoms with van der Waals surface area (Å²) in [4.78, 5) is 16.9. The minimum atomic E-state index is -0.187. The first kappa shape index (κ1) is 18.3. The van der Waals surface area contributed by atoms with Crippen LogP contribution < -0.4 is 5.32 Å². The Hall–Kier alpha value is -1.46. The number of hydrogen-bond acceptors (Lipinski definition) is 3. The predicted octanol–water partition coefficient (Wildman–Crippen LogP) is 2.64. The molecular weight excluding hydrogens is 317 g/mol. The van der Waals surface area contributed by atoms with Crippen molar-refractivity contribution in [2.45, 2.75) is 51.7 Å². The van der Waals surface area contributed by atoms with Crippen LogP contribution in [0.3, 0.4) is 0 Å². The zero-order valence-corrected chi connectivity index (χ0v) is 15.4. The molecule has 1 aliphatic carbocycles. The third-order valence-corrected chi connectivity index (χ3v) is 5.21. The lowest BCUT2D eigenvalue weighted by molar-refractivity contribution is -0.122. The van der Waals surface area contributed by atoms with E-state index in [2.05, 4.69) is 29.0 Å². The molecule has 0 bridgehead atoms. The quantitative estimate of drug-likeness (QED) is 0.859. The summed E-state index contributed by atoms with van der Waals surface area (Å²) < 4.78 is 13.1. The Balaban J connectivity index is 1.61. The number of nitrogens with one attached hydrogen (secondary N) is 1. The number of halogens is 1. The van der Waals surface area contributed by atoms with Crippen LogP contribution in [0.4, 0.5) is 4.39 Å². The lowest BCUT2D eigenvalue weighted by Crippen LogP contribution is -2.46. The maximum Gasteiger partial charge on any atom is 0.234 e. The van der Waals surface area contributed by atoms with Crippen LogP contribution >= 0.6 is 0 Å². The van der Waals surface area contributed by atoms with E-state index >= 15 is 0 Å². The van der Waals surface area contributed by atoms with Crippen molar-refractivity contribution in [1.29, 1.82) is 0 Å². The van der Waals surface area contributed by atoms with Crippen molar-refractivity contribution in [3.63, 3.8) is 0 Å². The molecule has 1 aromatic rings. The van der Waals surface area contributed by atoms with Crippen LogP contribution in [0, 0.1) is 11.7 Å². The lowest BCUT2D eigenvalue weighted by Gasteiger charge is -2.34. The molecule has 1 amide bonds. The summed E-state index contributed by atoms with van der Waals surface area (Å²) in [5, 5.41) is 3.09. The number of hydrogen-bond donors (Lipinski definition) is 1. The maximum atomic E-state index is 13.1. The minimum Gasteiger partial charge on any atom is -0.352 e. The van der Waals surface area contributed by atoms with E-state index in [-0.39, 0.29) is 11.7 Å². The van der Waals surface area contributed by atoms with E-state index < -0.39 is 0 Å². The van der Waals surface area contributed by atoms with Crippen LogP contribution in [-0.4, -0.2) is 54.0 Å². The zero-order valence-electron chi connectivity index (χ0n) is 15.4. The SMILES string of the molecule is CC(C)[C@@H]1CN(CC(=O)NC2CC2)CCCN1Cc1ccc(F)cc1. The topological polar surface area (TPSA) is 35.6 Å². The minimum absolute atomic E-state index is 0.164. The van der Waals surface area contributed by atoms with E-state index in [1.165, 1.54) is 12.1 Å². The van der Waals surface area contributed by atoms with Gasteiger partial charge in [0.15, 0.2) is 0 Å². The van der Waals surface area contributed by atoms with Gasteiger partial charge in [-0.1, -0.05) is 26.0 Å². The highest BCUT2D eigenvalue weighted by Crippen LogP contribution is 2.21. The third kappa shape index (κ3) is 5.51. The molecule has 4 nitrogen and oxygen atoms in total. The van der Waals surface area contributed by atoms with Crippen LogP contribution in [0.2, 0.25) is 0 Å². The summed E-state index contributed by atoms with van der Waals surface area (Å²) >= 11 is 0. The first-order chi connectivity index (χ1) is 12.0. The molecule has 1 saturated carbocycles. The first-order valence-electron chi connectivity index (χ1n) is 9.51. The van der Waals surface area contributed by atoms with Crippen LogP contribution in [0.25, 0.3) is 0 Å². The number of nitrogens with zero attached hydrogens (tertiary/aromatic N) is 2. The molecule has 3 rings (SSSR count). The molecule has 1 heterocycles. The average Bonchev–Trinajstić information content (AvgIpc) is 3.38. The van der Waals surface area contributed by atoms with Gasteiger partial charge >= 0.3 is 0 Å². The van der Waals surface area contributed by atoms with Gasteiger partial charge in [-0.2, -0.15) is 0 Å². The van der Waals surface area contributed by atoms with Crippen LogP contribution in [0.5, 0.6) is 0 Å². The Morgan fingerprint density at radius 2 is 1.96 bits per heavy atom. The van der Waals surface area contributed by atoms with Gasteiger partial charge < -0.3 is 5.32 Å². The van der Waals surface area contributed by atoms with Gasteiger partial charge in [-0.05, 0) is 49.4 Å². The molecule has 5 heteroatoms. The summed E-state index contributed by atoms with van der Waals surface area (Å²) in [5.74, 6) is 0.484. The monoisotopic (exact) mass is 347 g/mol. The highest BCUT2D eigenvalue weighted by Gasteiger charge is 2.29. The molecule has 1 aromatic carbocycles. The van der Waals surface area contributed by atoms with Crippen molar-refractivity contribution >= 4 is 5.91 Å². The molecule has 1 N–H and O–H groups in total. The second kappa shape index (κ2) is 8.28. The number of benzene rings is 1. The van der Waals surface area contributed by atoms with E-state index in [4.69, 9.17) is 0 Å². The van der Waals surface area contributed by atoms with E-state index in [0.29, 0.717) is 24.5 Å². The van der Waals surface area contributed by atoms with Gasteiger partial charge in [0.2, 0.25) is 5.91 Å². The third-order valence-electron chi connectivity index (χ3n) is 5.21. The molecule has 0 radical (unpaired) electrons. The Labute approximate surface area is 150 Å². The molecule has 1 atom stereocenters. The number of amides is 1. The molecule has 0 spiro atoms. The van der Waals surface area contributed by atoms with Crippen molar-refractivity contribution in [1.82, 2.24) is 15.1 Å². The number of rotatable bonds is 6. The van der Waals surface area contributed by atoms with Gasteiger partial charge in [-0.3, -0.25) is 14.6 Å². The standard InChI is InChI=1S/C20H30FN3O/c1-15(2)19-13-23(14-20(25)22-18-8-9-18)10-3-11-24(19)12-16-4-6-17(21)7-5-16/h4-7,15,18-19H,3,8-14H2,1-2H3,(H,22,25)/t19-/m0/s1. The molecule has 1 saturated heterocycles. The smallest absolute Gasteiger partial charge is 0.234 e. The van der Waals surface area contributed by atoms with Gasteiger partial charge in [0, 0.05) is 31.7 Å². The molecule has 2 aliphatic rings. The molecule has 0 unspecified atom stereocenters. The second-order valence-electron chi connectivity index (χ2n) is 7.84. The van der Waals surface area contributed by atoms with E-state index in [1.54, 1.807) is 0 Å². The summed E-state index contributed by atoms with van der Waals surface area (Å²) in [6.07, 6.45) is 3.32. The van der Waals surface area contributed by atoms with Crippen molar-refractivity contribution in [3.8, 4) is 0 Å². The van der Waals surface area contributed by atoms with Crippen LogP contribution in [-0.2, 0) is 11.3 Å². The summed E-state index contributed by atoms with van der Waals surface area (Å²) in [5.41, 5.74) is 1.15. The predicted molar refractivity (Wildman–Crippen MR) is 97.7 cm³/mol. The fraction of sp³-hybridized carbons (Fsp3) is 0.650. The van der Waals surface area contributed by atoms with Crippen molar-refractivity contribution in [2.75, 3.05) is 26.2 Å². The molecule has 0 aromatic heterocycles. The maximum absolute atomic E-state index is 13.1. The highest BCUT2D eigenvalue weighted by atomic mass is 19.1. The zero-order chi connectivity index (χ0) is 17.8. The molecular formula is C20H30FN3O. The average molecular weight is 347 g/mol. The molecule has 138 valence electrons. The largest absolute Gasteiger partial charge is 0.352 e. The molecule has 2 fully saturated rings. The summed E-state index contributed by atoms with van der Waals surface area (Å²) in [7, 11) is 0. The van der Waals surface area contributed by atoms with Crippen molar-refractivity contribution < 1.29 is 9.18 Å². The van der Waals surface area contributed by atoms with Crippen LogP contribution in [0.1, 0.15) is 38.7 Å². The van der Waals surface area contributed by atoms with Gasteiger partial charge in [-0.15, -0.1) is 0 Å². The normalized spacial score (nSPS) is 22.8. The van der Waals surface area contributed by atoms with Crippen LogP contribution in [0.15, 0.2) is 24.3 Å². The van der Waals surface area contributed by atoms with E-state index in [0.717, 1.165) is 51.0 Å². The first-order valence-corrected chi connectivity index (χ1v) is 9.51. The summed E-state index contributed by atoms with van der Waals surface area (Å²) in [6.45, 7) is 8.72. The number of carbonyl (C=O) groups is 1. The van der Waals surface area contributed by atoms with Gasteiger partial charge in [0.1, 0.15) is 5.82 Å².